The summed E-state index contributed by atoms with van der Waals surface area (Å²) in [4.78, 5) is 4.98. The number of aryl methyl sites for hydroxylation is 5. The maximum atomic E-state index is 7.09. The molecule has 0 aliphatic carbocycles. The Morgan fingerprint density at radius 3 is 2.05 bits per heavy atom. The molecule has 0 bridgehead atoms. The minimum atomic E-state index is 0.674. The van der Waals surface area contributed by atoms with Gasteiger partial charge in [0.05, 0.1) is 33.5 Å². The number of rotatable bonds is 7. The van der Waals surface area contributed by atoms with E-state index in [1.165, 1.54) is 33.4 Å². The lowest BCUT2D eigenvalue weighted by molar-refractivity contribution is 0.488. The average Bonchev–Trinajstić information content (AvgIpc) is 3.96. The third-order valence-corrected chi connectivity index (χ3v) is 11.8. The number of ether oxygens (including phenoxy) is 1. The van der Waals surface area contributed by atoms with E-state index in [1.54, 1.807) is 0 Å². The molecule has 294 valence electrons. The first-order valence-electron chi connectivity index (χ1n) is 20.7. The van der Waals surface area contributed by atoms with Crippen LogP contribution in [0.2, 0.25) is 0 Å². The second kappa shape index (κ2) is 14.2. The van der Waals surface area contributed by atoms with Gasteiger partial charge in [-0.05, 0) is 111 Å². The number of aromatic nitrogens is 4. The summed E-state index contributed by atoms with van der Waals surface area (Å²) in [5.74, 6) is 2.21. The lowest BCUT2D eigenvalue weighted by Gasteiger charge is -2.14. The first-order valence-corrected chi connectivity index (χ1v) is 20.7. The predicted molar refractivity (Wildman–Crippen MR) is 249 cm³/mol. The van der Waals surface area contributed by atoms with E-state index >= 15 is 0 Å². The maximum absolute atomic E-state index is 7.09. The molecule has 11 rings (SSSR count). The molecule has 0 radical (unpaired) electrons. The van der Waals surface area contributed by atoms with Crippen LogP contribution in [0.5, 0.6) is 11.5 Å². The first-order chi connectivity index (χ1) is 29.8. The molecule has 4 heterocycles. The highest BCUT2D eigenvalue weighted by Gasteiger charge is 2.21. The van der Waals surface area contributed by atoms with Gasteiger partial charge in [-0.1, -0.05) is 102 Å². The molecule has 0 amide bonds. The van der Waals surface area contributed by atoms with E-state index in [9.17, 15) is 0 Å². The molecule has 7 aromatic carbocycles. The second-order valence-corrected chi connectivity index (χ2v) is 16.3. The fraction of sp³-hybridized carbons (Fsp3) is 0.0909. The summed E-state index contributed by atoms with van der Waals surface area (Å²) < 4.78 is 17.9. The van der Waals surface area contributed by atoms with Crippen molar-refractivity contribution in [3.8, 4) is 56.6 Å². The Kier molecular flexibility index (Phi) is 8.50. The molecule has 6 nitrogen and oxygen atoms in total. The molecule has 0 N–H and O–H groups in total. The van der Waals surface area contributed by atoms with E-state index in [0.29, 0.717) is 11.5 Å². The first kappa shape index (κ1) is 36.4. The SMILES string of the molecule is Cc1cccc(-c2cc(-c3cccc(C)c3)n(-c3cc(Oc4ccc5c6ccccc6n(-c6cc(-c7c(C)cc(C)cc7C)ccn6)c5c4)c4c(c3)oc3ccccc34)n2)c1. The summed E-state index contributed by atoms with van der Waals surface area (Å²) in [5, 5.41) is 9.43. The largest absolute Gasteiger partial charge is 0.456 e. The highest BCUT2D eigenvalue weighted by molar-refractivity contribution is 6.10. The highest BCUT2D eigenvalue weighted by atomic mass is 16.5. The Bertz CT molecular complexity index is 3510. The molecule has 0 unspecified atom stereocenters. The number of nitrogens with zero attached hydrogens (tertiary/aromatic N) is 4. The molecule has 11 aromatic rings. The van der Waals surface area contributed by atoms with E-state index < -0.39 is 0 Å². The van der Waals surface area contributed by atoms with E-state index in [-0.39, 0.29) is 0 Å². The molecule has 0 aliphatic heterocycles. The van der Waals surface area contributed by atoms with Crippen molar-refractivity contribution in [2.24, 2.45) is 0 Å². The van der Waals surface area contributed by atoms with Gasteiger partial charge in [-0.15, -0.1) is 0 Å². The minimum absolute atomic E-state index is 0.674. The number of fused-ring (bicyclic) bond motifs is 6. The lowest BCUT2D eigenvalue weighted by Crippen LogP contribution is -2.01. The second-order valence-electron chi connectivity index (χ2n) is 16.3. The van der Waals surface area contributed by atoms with Crippen LogP contribution in [0.1, 0.15) is 27.8 Å². The topological polar surface area (TPSA) is 58.0 Å². The normalized spacial score (nSPS) is 11.7. The predicted octanol–water partition coefficient (Wildman–Crippen LogP) is 14.6. The van der Waals surface area contributed by atoms with Crippen molar-refractivity contribution in [3.63, 3.8) is 0 Å². The summed E-state index contributed by atoms with van der Waals surface area (Å²) in [6, 6.07) is 55.2. The van der Waals surface area contributed by atoms with Crippen molar-refractivity contribution < 1.29 is 9.15 Å². The standard InChI is InChI=1S/C55H42N4O2/c1-33-12-10-14-38(26-33)46-32-48(39-15-11-13-34(2)27-39)59(57-46)41-29-51(55-45-17-7-9-19-50(45)61-52(55)30-41)60-42-20-21-44-43-16-6-8-18-47(43)58(49(44)31-42)53-28-40(22-23-56-53)54-36(4)24-35(3)25-37(54)5/h6-32H,1-5H3. The molecule has 0 fully saturated rings. The van der Waals surface area contributed by atoms with E-state index in [4.69, 9.17) is 19.2 Å². The molecule has 0 atom stereocenters. The van der Waals surface area contributed by atoms with Gasteiger partial charge in [-0.2, -0.15) is 5.10 Å². The average molecular weight is 791 g/mol. The Morgan fingerprint density at radius 1 is 0.525 bits per heavy atom. The van der Waals surface area contributed by atoms with Crippen LogP contribution in [0, 0.1) is 34.6 Å². The van der Waals surface area contributed by atoms with Gasteiger partial charge in [-0.3, -0.25) is 4.57 Å². The molecule has 0 saturated heterocycles. The molecular formula is C55H42N4O2. The third-order valence-electron chi connectivity index (χ3n) is 11.8. The van der Waals surface area contributed by atoms with Crippen LogP contribution in [0.15, 0.2) is 168 Å². The van der Waals surface area contributed by atoms with Gasteiger partial charge >= 0.3 is 0 Å². The number of furan rings is 1. The number of pyridine rings is 1. The summed E-state index contributed by atoms with van der Waals surface area (Å²) in [7, 11) is 0. The molecule has 0 aliphatic rings. The summed E-state index contributed by atoms with van der Waals surface area (Å²) in [6.45, 7) is 10.8. The monoisotopic (exact) mass is 790 g/mol. The van der Waals surface area contributed by atoms with Gasteiger partial charge in [-0.25, -0.2) is 9.67 Å². The van der Waals surface area contributed by atoms with Crippen molar-refractivity contribution in [1.29, 1.82) is 0 Å². The van der Waals surface area contributed by atoms with Gasteiger partial charge < -0.3 is 9.15 Å². The summed E-state index contributed by atoms with van der Waals surface area (Å²) >= 11 is 0. The van der Waals surface area contributed by atoms with Crippen molar-refractivity contribution in [2.45, 2.75) is 34.6 Å². The Morgan fingerprint density at radius 2 is 1.25 bits per heavy atom. The molecule has 61 heavy (non-hydrogen) atoms. The fourth-order valence-electron chi connectivity index (χ4n) is 9.26. The van der Waals surface area contributed by atoms with Crippen LogP contribution in [-0.4, -0.2) is 19.3 Å². The number of benzene rings is 7. The van der Waals surface area contributed by atoms with E-state index in [0.717, 1.165) is 83.3 Å². The van der Waals surface area contributed by atoms with E-state index in [1.807, 2.05) is 29.1 Å². The summed E-state index contributed by atoms with van der Waals surface area (Å²) in [5.41, 5.74) is 16.9. The van der Waals surface area contributed by atoms with Crippen LogP contribution in [0.25, 0.3) is 88.9 Å². The zero-order valence-electron chi connectivity index (χ0n) is 34.7. The smallest absolute Gasteiger partial charge is 0.141 e. The van der Waals surface area contributed by atoms with Gasteiger partial charge in [0.15, 0.2) is 0 Å². The van der Waals surface area contributed by atoms with Crippen molar-refractivity contribution in [1.82, 2.24) is 19.3 Å². The molecular weight excluding hydrogens is 749 g/mol. The van der Waals surface area contributed by atoms with Crippen LogP contribution in [0.4, 0.5) is 0 Å². The highest BCUT2D eigenvalue weighted by Crippen LogP contribution is 2.43. The number of hydrogen-bond donors (Lipinski definition) is 0. The molecule has 0 spiro atoms. The van der Waals surface area contributed by atoms with E-state index in [2.05, 4.69) is 179 Å². The Hall–Kier alpha value is -7.70. The minimum Gasteiger partial charge on any atom is -0.456 e. The van der Waals surface area contributed by atoms with Crippen LogP contribution in [-0.2, 0) is 0 Å². The maximum Gasteiger partial charge on any atom is 0.141 e. The molecule has 6 heteroatoms. The van der Waals surface area contributed by atoms with Gasteiger partial charge in [0.1, 0.15) is 28.5 Å². The fourth-order valence-corrected chi connectivity index (χ4v) is 9.26. The van der Waals surface area contributed by atoms with Crippen LogP contribution in [0.3, 0.4) is 0 Å². The lowest BCUT2D eigenvalue weighted by atomic mass is 9.94. The molecule has 0 saturated carbocycles. The zero-order chi connectivity index (χ0) is 41.4. The number of hydrogen-bond acceptors (Lipinski definition) is 4. The van der Waals surface area contributed by atoms with Gasteiger partial charge in [0.2, 0.25) is 0 Å². The number of para-hydroxylation sites is 2. The van der Waals surface area contributed by atoms with Crippen LogP contribution >= 0.6 is 0 Å². The quantitative estimate of drug-likeness (QED) is 0.161. The summed E-state index contributed by atoms with van der Waals surface area (Å²) in [6.07, 6.45) is 1.92. The van der Waals surface area contributed by atoms with Crippen LogP contribution < -0.4 is 4.74 Å². The Balaban J connectivity index is 1.09. The third kappa shape index (κ3) is 6.27. The van der Waals surface area contributed by atoms with Crippen molar-refractivity contribution in [3.05, 3.63) is 192 Å². The molecule has 4 aromatic heterocycles. The van der Waals surface area contributed by atoms with Gasteiger partial charge in [0.25, 0.3) is 0 Å². The van der Waals surface area contributed by atoms with Gasteiger partial charge in [0, 0.05) is 51.7 Å². The van der Waals surface area contributed by atoms with Crippen molar-refractivity contribution in [2.75, 3.05) is 0 Å². The Labute approximate surface area is 353 Å². The van der Waals surface area contributed by atoms with Crippen molar-refractivity contribution >= 4 is 43.7 Å². The zero-order valence-corrected chi connectivity index (χ0v) is 34.7.